The van der Waals surface area contributed by atoms with Crippen molar-refractivity contribution >= 4 is 6.08 Å². The third kappa shape index (κ3) is 4.72. The molecule has 0 aliphatic carbocycles. The summed E-state index contributed by atoms with van der Waals surface area (Å²) in [6.07, 6.45) is 6.66. The van der Waals surface area contributed by atoms with Gasteiger partial charge >= 0.3 is 0 Å². The summed E-state index contributed by atoms with van der Waals surface area (Å²) < 4.78 is 12.6. The van der Waals surface area contributed by atoms with Gasteiger partial charge in [-0.15, -0.1) is 0 Å². The number of benzene rings is 2. The van der Waals surface area contributed by atoms with Gasteiger partial charge < -0.3 is 15.2 Å². The number of likely N-dealkylation sites (tertiary alicyclic amines) is 1. The Kier molecular flexibility index (Phi) is 6.52. The van der Waals surface area contributed by atoms with Gasteiger partial charge in [0.1, 0.15) is 11.4 Å². The van der Waals surface area contributed by atoms with Crippen LogP contribution in [0, 0.1) is 20.8 Å². The highest BCUT2D eigenvalue weighted by molar-refractivity contribution is 5.55. The van der Waals surface area contributed by atoms with Gasteiger partial charge in [-0.3, -0.25) is 4.90 Å². The van der Waals surface area contributed by atoms with E-state index in [1.807, 2.05) is 6.07 Å². The second kappa shape index (κ2) is 9.15. The number of nitrogens with zero attached hydrogens (tertiary/aromatic N) is 1. The SMILES string of the molecule is Cc1cc(C)c2c(c1C)OC(C)(CN1CCC(OCC=Cc3ccccc3)CC1)C2N. The van der Waals surface area contributed by atoms with Crippen molar-refractivity contribution in [1.29, 1.82) is 0 Å². The van der Waals surface area contributed by atoms with E-state index >= 15 is 0 Å². The molecule has 0 spiro atoms. The van der Waals surface area contributed by atoms with Crippen LogP contribution in [-0.4, -0.2) is 42.8 Å². The predicted molar refractivity (Wildman–Crippen MR) is 128 cm³/mol. The highest BCUT2D eigenvalue weighted by Gasteiger charge is 2.45. The van der Waals surface area contributed by atoms with Crippen molar-refractivity contribution in [3.63, 3.8) is 0 Å². The Balaban J connectivity index is 1.28. The van der Waals surface area contributed by atoms with Crippen LogP contribution in [0.5, 0.6) is 5.75 Å². The lowest BCUT2D eigenvalue weighted by molar-refractivity contribution is -0.00811. The van der Waals surface area contributed by atoms with Crippen molar-refractivity contribution in [2.75, 3.05) is 26.2 Å². The van der Waals surface area contributed by atoms with Crippen LogP contribution in [0.1, 0.15) is 53.6 Å². The Morgan fingerprint density at radius 3 is 2.55 bits per heavy atom. The first-order chi connectivity index (χ1) is 14.9. The summed E-state index contributed by atoms with van der Waals surface area (Å²) in [5.74, 6) is 1.01. The zero-order valence-electron chi connectivity index (χ0n) is 19.4. The number of hydrogen-bond acceptors (Lipinski definition) is 4. The standard InChI is InChI=1S/C27H36N2O2/c1-19-17-20(2)24-25(21(19)3)31-27(4,26(24)28)18-29-14-12-23(13-15-29)30-16-8-11-22-9-6-5-7-10-22/h5-11,17,23,26H,12-16,18,28H2,1-4H3. The quantitative estimate of drug-likeness (QED) is 0.718. The molecule has 2 atom stereocenters. The lowest BCUT2D eigenvalue weighted by Gasteiger charge is -2.38. The average Bonchev–Trinajstić information content (AvgIpc) is 3.03. The number of nitrogens with two attached hydrogens (primary N) is 1. The second-order valence-corrected chi connectivity index (χ2v) is 9.39. The molecule has 0 amide bonds. The minimum absolute atomic E-state index is 0.0982. The molecule has 2 aliphatic heterocycles. The highest BCUT2D eigenvalue weighted by atomic mass is 16.5. The van der Waals surface area contributed by atoms with E-state index in [1.165, 1.54) is 27.8 Å². The average molecular weight is 421 g/mol. The van der Waals surface area contributed by atoms with Crippen LogP contribution in [0.25, 0.3) is 6.08 Å². The van der Waals surface area contributed by atoms with Crippen LogP contribution in [0.3, 0.4) is 0 Å². The largest absolute Gasteiger partial charge is 0.484 e. The number of rotatable bonds is 6. The summed E-state index contributed by atoms with van der Waals surface area (Å²) in [5.41, 5.74) is 12.5. The summed E-state index contributed by atoms with van der Waals surface area (Å²) in [5, 5.41) is 0. The Morgan fingerprint density at radius 1 is 1.13 bits per heavy atom. The molecule has 4 nitrogen and oxygen atoms in total. The summed E-state index contributed by atoms with van der Waals surface area (Å²) in [4.78, 5) is 2.49. The molecule has 0 aromatic heterocycles. The molecule has 2 aromatic rings. The molecule has 0 bridgehead atoms. The van der Waals surface area contributed by atoms with Crippen molar-refractivity contribution in [2.24, 2.45) is 5.73 Å². The van der Waals surface area contributed by atoms with E-state index in [2.05, 4.69) is 75.1 Å². The van der Waals surface area contributed by atoms with Crippen LogP contribution in [0.4, 0.5) is 0 Å². The highest BCUT2D eigenvalue weighted by Crippen LogP contribution is 2.46. The van der Waals surface area contributed by atoms with Gasteiger partial charge in [0.25, 0.3) is 0 Å². The molecule has 1 fully saturated rings. The van der Waals surface area contributed by atoms with Gasteiger partial charge in [0.15, 0.2) is 0 Å². The monoisotopic (exact) mass is 420 g/mol. The molecule has 2 aliphatic rings. The second-order valence-electron chi connectivity index (χ2n) is 9.39. The number of hydrogen-bond donors (Lipinski definition) is 1. The van der Waals surface area contributed by atoms with Crippen LogP contribution >= 0.6 is 0 Å². The third-order valence-corrected chi connectivity index (χ3v) is 6.95. The molecule has 0 radical (unpaired) electrons. The first-order valence-corrected chi connectivity index (χ1v) is 11.5. The minimum Gasteiger partial charge on any atom is -0.484 e. The smallest absolute Gasteiger partial charge is 0.138 e. The summed E-state index contributed by atoms with van der Waals surface area (Å²) in [7, 11) is 0. The lowest BCUT2D eigenvalue weighted by atomic mass is 9.88. The zero-order valence-corrected chi connectivity index (χ0v) is 19.4. The van der Waals surface area contributed by atoms with Gasteiger partial charge in [-0.05, 0) is 62.8 Å². The maximum atomic E-state index is 6.73. The number of aryl methyl sites for hydroxylation is 2. The van der Waals surface area contributed by atoms with Crippen molar-refractivity contribution in [3.05, 3.63) is 70.3 Å². The van der Waals surface area contributed by atoms with Crippen molar-refractivity contribution in [1.82, 2.24) is 4.90 Å². The summed E-state index contributed by atoms with van der Waals surface area (Å²) in [6.45, 7) is 12.2. The van der Waals surface area contributed by atoms with E-state index in [4.69, 9.17) is 15.2 Å². The van der Waals surface area contributed by atoms with Crippen LogP contribution in [0.15, 0.2) is 42.5 Å². The fourth-order valence-electron chi connectivity index (χ4n) is 4.94. The Morgan fingerprint density at radius 2 is 1.84 bits per heavy atom. The van der Waals surface area contributed by atoms with Crippen molar-refractivity contribution in [2.45, 2.75) is 58.3 Å². The molecule has 2 unspecified atom stereocenters. The van der Waals surface area contributed by atoms with Crippen LogP contribution < -0.4 is 10.5 Å². The van der Waals surface area contributed by atoms with Crippen LogP contribution in [0.2, 0.25) is 0 Å². The lowest BCUT2D eigenvalue weighted by Crippen LogP contribution is -2.51. The first-order valence-electron chi connectivity index (χ1n) is 11.5. The molecule has 2 aromatic carbocycles. The Hall–Kier alpha value is -2.14. The van der Waals surface area contributed by atoms with Gasteiger partial charge in [-0.2, -0.15) is 0 Å². The van der Waals surface area contributed by atoms with Gasteiger partial charge in [0.05, 0.1) is 18.8 Å². The maximum Gasteiger partial charge on any atom is 0.138 e. The van der Waals surface area contributed by atoms with Crippen molar-refractivity contribution < 1.29 is 9.47 Å². The van der Waals surface area contributed by atoms with Crippen molar-refractivity contribution in [3.8, 4) is 5.75 Å². The topological polar surface area (TPSA) is 47.7 Å². The Bertz CT molecular complexity index is 932. The molecule has 0 saturated carbocycles. The van der Waals surface area contributed by atoms with Crippen LogP contribution in [-0.2, 0) is 4.74 Å². The first kappa shape index (κ1) is 22.1. The Labute approximate surface area is 187 Å². The van der Waals surface area contributed by atoms with E-state index in [0.29, 0.717) is 12.7 Å². The van der Waals surface area contributed by atoms with E-state index in [0.717, 1.165) is 38.2 Å². The molecule has 1 saturated heterocycles. The minimum atomic E-state index is -0.391. The van der Waals surface area contributed by atoms with Gasteiger partial charge in [0, 0.05) is 25.2 Å². The molecular weight excluding hydrogens is 384 g/mol. The van der Waals surface area contributed by atoms with E-state index < -0.39 is 5.60 Å². The molecular formula is C27H36N2O2. The van der Waals surface area contributed by atoms with Gasteiger partial charge in [0.2, 0.25) is 0 Å². The fourth-order valence-corrected chi connectivity index (χ4v) is 4.94. The number of piperidine rings is 1. The van der Waals surface area contributed by atoms with E-state index in [1.54, 1.807) is 0 Å². The number of ether oxygens (including phenoxy) is 2. The normalized spacial score (nSPS) is 24.5. The fraction of sp³-hybridized carbons (Fsp3) is 0.481. The van der Waals surface area contributed by atoms with E-state index in [9.17, 15) is 0 Å². The van der Waals surface area contributed by atoms with Gasteiger partial charge in [-0.25, -0.2) is 0 Å². The predicted octanol–water partition coefficient (Wildman–Crippen LogP) is 4.96. The summed E-state index contributed by atoms with van der Waals surface area (Å²) >= 11 is 0. The van der Waals surface area contributed by atoms with E-state index in [-0.39, 0.29) is 6.04 Å². The van der Waals surface area contributed by atoms with Gasteiger partial charge in [-0.1, -0.05) is 48.6 Å². The molecule has 4 rings (SSSR count). The maximum absolute atomic E-state index is 6.73. The molecule has 166 valence electrons. The third-order valence-electron chi connectivity index (χ3n) is 6.95. The molecule has 2 N–H and O–H groups in total. The molecule has 2 heterocycles. The summed E-state index contributed by atoms with van der Waals surface area (Å²) in [6, 6.07) is 12.5. The zero-order chi connectivity index (χ0) is 22.0. The molecule has 31 heavy (non-hydrogen) atoms. The number of fused-ring (bicyclic) bond motifs is 1. The molecule has 4 heteroatoms.